The summed E-state index contributed by atoms with van der Waals surface area (Å²) in [6, 6.07) is 7.49. The second-order valence-corrected chi connectivity index (χ2v) is 8.68. The first kappa shape index (κ1) is 20.4. The van der Waals surface area contributed by atoms with Crippen LogP contribution in [0.15, 0.2) is 35.7 Å². The molecule has 0 spiro atoms. The average Bonchev–Trinajstić information content (AvgIpc) is 3.17. The molecule has 0 radical (unpaired) electrons. The highest BCUT2D eigenvalue weighted by Gasteiger charge is 2.30. The van der Waals surface area contributed by atoms with Crippen LogP contribution in [0, 0.1) is 0 Å². The summed E-state index contributed by atoms with van der Waals surface area (Å²) in [7, 11) is 0. The second-order valence-electron chi connectivity index (χ2n) is 7.68. The molecule has 0 atom stereocenters. The zero-order valence-corrected chi connectivity index (χ0v) is 16.9. The standard InChI is InChI=1S/C21H24F3N3OS/c22-21(23,24)18-3-1-16(2-4-18)13-25-8-10-26(11-9-25)15-20(28)27-7-5-19-17(14-27)6-12-29-19/h1-4,6,12H,5,7-11,13-15H2. The van der Waals surface area contributed by atoms with Crippen LogP contribution in [0.4, 0.5) is 13.2 Å². The maximum absolute atomic E-state index is 12.7. The number of nitrogens with zero attached hydrogens (tertiary/aromatic N) is 3. The van der Waals surface area contributed by atoms with Crippen LogP contribution >= 0.6 is 11.3 Å². The van der Waals surface area contributed by atoms with Crippen LogP contribution in [-0.2, 0) is 30.5 Å². The quantitative estimate of drug-likeness (QED) is 0.754. The fourth-order valence-corrected chi connectivity index (χ4v) is 4.81. The molecule has 3 heterocycles. The predicted molar refractivity (Wildman–Crippen MR) is 107 cm³/mol. The summed E-state index contributed by atoms with van der Waals surface area (Å²) < 4.78 is 38.0. The van der Waals surface area contributed by atoms with Gasteiger partial charge in [0.1, 0.15) is 0 Å². The normalized spacial score (nSPS) is 18.7. The lowest BCUT2D eigenvalue weighted by Crippen LogP contribution is -2.50. The summed E-state index contributed by atoms with van der Waals surface area (Å²) in [5.41, 5.74) is 1.54. The topological polar surface area (TPSA) is 26.8 Å². The van der Waals surface area contributed by atoms with Gasteiger partial charge in [-0.15, -0.1) is 11.3 Å². The third-order valence-electron chi connectivity index (χ3n) is 5.67. The molecule has 0 unspecified atom stereocenters. The van der Waals surface area contributed by atoms with Crippen LogP contribution in [0.25, 0.3) is 0 Å². The third kappa shape index (κ3) is 4.99. The zero-order valence-electron chi connectivity index (χ0n) is 16.1. The van der Waals surface area contributed by atoms with Gasteiger partial charge in [-0.3, -0.25) is 14.6 Å². The molecule has 1 aromatic carbocycles. The van der Waals surface area contributed by atoms with Gasteiger partial charge >= 0.3 is 6.18 Å². The van der Waals surface area contributed by atoms with Gasteiger partial charge in [-0.1, -0.05) is 12.1 Å². The maximum Gasteiger partial charge on any atom is 0.416 e. The summed E-state index contributed by atoms with van der Waals surface area (Å²) >= 11 is 1.77. The monoisotopic (exact) mass is 423 g/mol. The molecule has 0 aliphatic carbocycles. The van der Waals surface area contributed by atoms with E-state index in [9.17, 15) is 18.0 Å². The number of fused-ring (bicyclic) bond motifs is 1. The Morgan fingerprint density at radius 2 is 1.66 bits per heavy atom. The number of hydrogen-bond acceptors (Lipinski definition) is 4. The molecule has 29 heavy (non-hydrogen) atoms. The maximum atomic E-state index is 12.7. The molecule has 0 N–H and O–H groups in total. The van der Waals surface area contributed by atoms with Gasteiger partial charge in [-0.2, -0.15) is 13.2 Å². The van der Waals surface area contributed by atoms with Crippen molar-refractivity contribution in [3.05, 3.63) is 57.3 Å². The number of halogens is 3. The Morgan fingerprint density at radius 3 is 2.34 bits per heavy atom. The van der Waals surface area contributed by atoms with Crippen molar-refractivity contribution in [3.8, 4) is 0 Å². The smallest absolute Gasteiger partial charge is 0.337 e. The molecular weight excluding hydrogens is 399 g/mol. The Hall–Kier alpha value is -1.90. The summed E-state index contributed by atoms with van der Waals surface area (Å²) in [6.45, 7) is 5.78. The molecule has 4 rings (SSSR count). The molecule has 2 aromatic rings. The van der Waals surface area contributed by atoms with Gasteiger partial charge in [0, 0.05) is 50.7 Å². The molecule has 4 nitrogen and oxygen atoms in total. The Morgan fingerprint density at radius 1 is 0.966 bits per heavy atom. The van der Waals surface area contributed by atoms with Crippen LogP contribution in [0.5, 0.6) is 0 Å². The number of carbonyl (C=O) groups excluding carboxylic acids is 1. The highest BCUT2D eigenvalue weighted by molar-refractivity contribution is 7.10. The minimum atomic E-state index is -4.30. The molecular formula is C21H24F3N3OS. The van der Waals surface area contributed by atoms with Gasteiger partial charge in [0.25, 0.3) is 0 Å². The van der Waals surface area contributed by atoms with Gasteiger partial charge in [0.05, 0.1) is 12.1 Å². The van der Waals surface area contributed by atoms with Crippen molar-refractivity contribution in [2.75, 3.05) is 39.3 Å². The van der Waals surface area contributed by atoms with Gasteiger partial charge < -0.3 is 4.90 Å². The number of benzene rings is 1. The molecule has 8 heteroatoms. The summed E-state index contributed by atoms with van der Waals surface area (Å²) in [4.78, 5) is 20.4. The number of thiophene rings is 1. The zero-order chi connectivity index (χ0) is 20.4. The lowest BCUT2D eigenvalue weighted by atomic mass is 10.1. The Balaban J connectivity index is 1.23. The second kappa shape index (κ2) is 8.45. The lowest BCUT2D eigenvalue weighted by molar-refractivity contribution is -0.137. The summed E-state index contributed by atoms with van der Waals surface area (Å²) in [6.07, 6.45) is -3.35. The van der Waals surface area contributed by atoms with Gasteiger partial charge in [-0.25, -0.2) is 0 Å². The average molecular weight is 424 g/mol. The number of hydrogen-bond donors (Lipinski definition) is 0. The third-order valence-corrected chi connectivity index (χ3v) is 6.69. The molecule has 2 aliphatic rings. The summed E-state index contributed by atoms with van der Waals surface area (Å²) in [5, 5.41) is 2.09. The van der Waals surface area contributed by atoms with Crippen LogP contribution in [0.3, 0.4) is 0 Å². The minimum absolute atomic E-state index is 0.179. The van der Waals surface area contributed by atoms with Crippen molar-refractivity contribution in [1.29, 1.82) is 0 Å². The van der Waals surface area contributed by atoms with E-state index in [1.807, 2.05) is 4.90 Å². The Bertz CT molecular complexity index is 842. The number of alkyl halides is 3. The molecule has 0 bridgehead atoms. The van der Waals surface area contributed by atoms with Crippen molar-refractivity contribution < 1.29 is 18.0 Å². The molecule has 0 saturated carbocycles. The van der Waals surface area contributed by atoms with E-state index in [1.165, 1.54) is 10.4 Å². The largest absolute Gasteiger partial charge is 0.416 e. The van der Waals surface area contributed by atoms with E-state index in [2.05, 4.69) is 21.2 Å². The minimum Gasteiger partial charge on any atom is -0.337 e. The van der Waals surface area contributed by atoms with E-state index < -0.39 is 11.7 Å². The molecule has 1 fully saturated rings. The number of piperazine rings is 1. The fraction of sp³-hybridized carbons (Fsp3) is 0.476. The van der Waals surface area contributed by atoms with Crippen LogP contribution in [-0.4, -0.2) is 59.9 Å². The van der Waals surface area contributed by atoms with Crippen molar-refractivity contribution in [2.45, 2.75) is 25.7 Å². The van der Waals surface area contributed by atoms with Crippen LogP contribution < -0.4 is 0 Å². The van der Waals surface area contributed by atoms with E-state index in [0.717, 1.165) is 56.8 Å². The SMILES string of the molecule is O=C(CN1CCN(Cc2ccc(C(F)(F)F)cc2)CC1)N1CCc2sccc2C1. The molecule has 1 aromatic heterocycles. The van der Waals surface area contributed by atoms with Crippen molar-refractivity contribution in [3.63, 3.8) is 0 Å². The molecule has 1 saturated heterocycles. The number of amides is 1. The predicted octanol–water partition coefficient (Wildman–Crippen LogP) is 3.47. The van der Waals surface area contributed by atoms with Gasteiger partial charge in [-0.05, 0) is 41.1 Å². The van der Waals surface area contributed by atoms with Crippen molar-refractivity contribution >= 4 is 17.2 Å². The van der Waals surface area contributed by atoms with Gasteiger partial charge in [0.2, 0.25) is 5.91 Å². The fourth-order valence-electron chi connectivity index (χ4n) is 3.92. The van der Waals surface area contributed by atoms with E-state index >= 15 is 0 Å². The Kier molecular flexibility index (Phi) is 5.94. The lowest BCUT2D eigenvalue weighted by Gasteiger charge is -2.36. The van der Waals surface area contributed by atoms with Crippen LogP contribution in [0.2, 0.25) is 0 Å². The first-order valence-electron chi connectivity index (χ1n) is 9.82. The van der Waals surface area contributed by atoms with E-state index in [0.29, 0.717) is 19.6 Å². The van der Waals surface area contributed by atoms with Gasteiger partial charge in [0.15, 0.2) is 0 Å². The number of rotatable bonds is 4. The van der Waals surface area contributed by atoms with Crippen molar-refractivity contribution in [1.82, 2.24) is 14.7 Å². The van der Waals surface area contributed by atoms with Crippen LogP contribution in [0.1, 0.15) is 21.6 Å². The number of carbonyl (C=O) groups is 1. The Labute approximate surface area is 172 Å². The first-order chi connectivity index (χ1) is 13.9. The first-order valence-corrected chi connectivity index (χ1v) is 10.7. The highest BCUT2D eigenvalue weighted by Crippen LogP contribution is 2.29. The van der Waals surface area contributed by atoms with E-state index in [4.69, 9.17) is 0 Å². The van der Waals surface area contributed by atoms with E-state index in [1.54, 1.807) is 23.5 Å². The molecule has 156 valence electrons. The summed E-state index contributed by atoms with van der Waals surface area (Å²) in [5.74, 6) is 0.179. The van der Waals surface area contributed by atoms with E-state index in [-0.39, 0.29) is 5.91 Å². The molecule has 1 amide bonds. The highest BCUT2D eigenvalue weighted by atomic mass is 32.1. The molecule has 2 aliphatic heterocycles. The van der Waals surface area contributed by atoms with Crippen molar-refractivity contribution in [2.24, 2.45) is 0 Å².